The fraction of sp³-hybridized carbons (Fsp3) is 0.250. The van der Waals surface area contributed by atoms with Gasteiger partial charge in [0.2, 0.25) is 0 Å². The van der Waals surface area contributed by atoms with Gasteiger partial charge >= 0.3 is 0 Å². The van der Waals surface area contributed by atoms with Gasteiger partial charge in [0, 0.05) is 6.42 Å². The lowest BCUT2D eigenvalue weighted by Gasteiger charge is -2.12. The van der Waals surface area contributed by atoms with Crippen molar-refractivity contribution in [2.75, 3.05) is 0 Å². The Hall–Kier alpha value is -1.06. The van der Waals surface area contributed by atoms with Crippen LogP contribution in [0.5, 0.6) is 5.75 Å². The average Bonchev–Trinajstić information content (AvgIpc) is 2.80. The van der Waals surface area contributed by atoms with E-state index in [-0.39, 0.29) is 17.3 Å². The first-order valence-corrected chi connectivity index (χ1v) is 7.66. The van der Waals surface area contributed by atoms with E-state index in [0.29, 0.717) is 4.47 Å². The van der Waals surface area contributed by atoms with Crippen molar-refractivity contribution in [3.05, 3.63) is 63.4 Å². The minimum atomic E-state index is -0.362. The molecule has 4 heteroatoms. The van der Waals surface area contributed by atoms with Gasteiger partial charge in [0.25, 0.3) is 0 Å². The SMILES string of the molecule is CC1Cc2cc(C(Cl)c3ccc(Br)c(F)c3)ccc2O1. The lowest BCUT2D eigenvalue weighted by atomic mass is 10.0. The van der Waals surface area contributed by atoms with Crippen LogP contribution in [0.15, 0.2) is 40.9 Å². The lowest BCUT2D eigenvalue weighted by Crippen LogP contribution is -2.05. The fourth-order valence-electron chi connectivity index (χ4n) is 2.46. The van der Waals surface area contributed by atoms with Crippen molar-refractivity contribution in [3.8, 4) is 5.75 Å². The largest absolute Gasteiger partial charge is 0.490 e. The van der Waals surface area contributed by atoms with Crippen LogP contribution in [0.3, 0.4) is 0 Å². The Morgan fingerprint density at radius 1 is 1.25 bits per heavy atom. The molecule has 20 heavy (non-hydrogen) atoms. The van der Waals surface area contributed by atoms with E-state index < -0.39 is 0 Å². The van der Waals surface area contributed by atoms with Crippen LogP contribution < -0.4 is 4.74 Å². The highest BCUT2D eigenvalue weighted by Crippen LogP contribution is 2.36. The van der Waals surface area contributed by atoms with Crippen LogP contribution in [-0.4, -0.2) is 6.10 Å². The standard InChI is InChI=1S/C16H13BrClFO/c1-9-6-12-7-10(3-5-15(12)20-9)16(18)11-2-4-13(17)14(19)8-11/h2-5,7-9,16H,6H2,1H3. The number of hydrogen-bond acceptors (Lipinski definition) is 1. The van der Waals surface area contributed by atoms with Crippen LogP contribution >= 0.6 is 27.5 Å². The first-order valence-electron chi connectivity index (χ1n) is 6.43. The molecule has 3 rings (SSSR count). The van der Waals surface area contributed by atoms with Crippen LogP contribution in [0.4, 0.5) is 4.39 Å². The molecule has 1 nitrogen and oxygen atoms in total. The van der Waals surface area contributed by atoms with Gasteiger partial charge in [-0.05, 0) is 57.7 Å². The topological polar surface area (TPSA) is 9.23 Å². The van der Waals surface area contributed by atoms with Gasteiger partial charge in [-0.2, -0.15) is 0 Å². The van der Waals surface area contributed by atoms with Gasteiger partial charge in [0.05, 0.1) is 9.85 Å². The third-order valence-electron chi connectivity index (χ3n) is 3.45. The van der Waals surface area contributed by atoms with Crippen LogP contribution in [0, 0.1) is 5.82 Å². The second kappa shape index (κ2) is 5.38. The number of ether oxygens (including phenoxy) is 1. The van der Waals surface area contributed by atoms with Crippen molar-refractivity contribution >= 4 is 27.5 Å². The summed E-state index contributed by atoms with van der Waals surface area (Å²) in [5.41, 5.74) is 2.88. The Balaban J connectivity index is 1.93. The van der Waals surface area contributed by atoms with Crippen molar-refractivity contribution in [2.24, 2.45) is 0 Å². The summed E-state index contributed by atoms with van der Waals surface area (Å²) >= 11 is 9.62. The summed E-state index contributed by atoms with van der Waals surface area (Å²) in [4.78, 5) is 0. The number of hydrogen-bond donors (Lipinski definition) is 0. The fourth-order valence-corrected chi connectivity index (χ4v) is 2.98. The van der Waals surface area contributed by atoms with E-state index in [0.717, 1.165) is 23.3 Å². The summed E-state index contributed by atoms with van der Waals surface area (Å²) in [5, 5.41) is -0.362. The highest BCUT2D eigenvalue weighted by atomic mass is 79.9. The zero-order valence-corrected chi connectivity index (χ0v) is 13.2. The van der Waals surface area contributed by atoms with E-state index in [9.17, 15) is 4.39 Å². The molecule has 0 spiro atoms. The average molecular weight is 356 g/mol. The molecule has 0 fully saturated rings. The molecule has 2 aromatic rings. The molecular weight excluding hydrogens is 343 g/mol. The third-order valence-corrected chi connectivity index (χ3v) is 4.60. The van der Waals surface area contributed by atoms with E-state index in [1.807, 2.05) is 25.1 Å². The Bertz CT molecular complexity index is 659. The highest BCUT2D eigenvalue weighted by Gasteiger charge is 2.21. The summed E-state index contributed by atoms with van der Waals surface area (Å²) in [7, 11) is 0. The first kappa shape index (κ1) is 13.9. The molecule has 0 aromatic heterocycles. The van der Waals surface area contributed by atoms with Crippen molar-refractivity contribution in [3.63, 3.8) is 0 Å². The number of alkyl halides is 1. The maximum absolute atomic E-state index is 13.6. The molecule has 2 unspecified atom stereocenters. The molecule has 0 saturated carbocycles. The molecular formula is C16H13BrClFO. The molecule has 0 aliphatic carbocycles. The minimum Gasteiger partial charge on any atom is -0.490 e. The number of rotatable bonds is 2. The quantitative estimate of drug-likeness (QED) is 0.669. The van der Waals surface area contributed by atoms with Crippen molar-refractivity contribution in [1.29, 1.82) is 0 Å². The molecule has 1 aliphatic rings. The first-order chi connectivity index (χ1) is 9.54. The molecule has 104 valence electrons. The summed E-state index contributed by atoms with van der Waals surface area (Å²) in [6, 6.07) is 10.9. The lowest BCUT2D eigenvalue weighted by molar-refractivity contribution is 0.254. The molecule has 0 saturated heterocycles. The van der Waals surface area contributed by atoms with Gasteiger partial charge in [-0.25, -0.2) is 4.39 Å². The smallest absolute Gasteiger partial charge is 0.137 e. The second-order valence-corrected chi connectivity index (χ2v) is 6.33. The van der Waals surface area contributed by atoms with Gasteiger partial charge < -0.3 is 4.74 Å². The molecule has 2 atom stereocenters. The van der Waals surface area contributed by atoms with E-state index in [1.165, 1.54) is 11.6 Å². The van der Waals surface area contributed by atoms with Gasteiger partial charge in [0.15, 0.2) is 0 Å². The van der Waals surface area contributed by atoms with E-state index in [2.05, 4.69) is 22.0 Å². The Kier molecular flexibility index (Phi) is 3.74. The zero-order chi connectivity index (χ0) is 14.3. The van der Waals surface area contributed by atoms with Crippen molar-refractivity contribution < 1.29 is 9.13 Å². The Morgan fingerprint density at radius 2 is 1.95 bits per heavy atom. The zero-order valence-electron chi connectivity index (χ0n) is 10.9. The van der Waals surface area contributed by atoms with Crippen LogP contribution in [-0.2, 0) is 6.42 Å². The monoisotopic (exact) mass is 354 g/mol. The summed E-state index contributed by atoms with van der Waals surface area (Å²) in [6.07, 6.45) is 1.10. The van der Waals surface area contributed by atoms with Crippen LogP contribution in [0.2, 0.25) is 0 Å². The molecule has 0 bridgehead atoms. The number of fused-ring (bicyclic) bond motifs is 1. The molecule has 1 aliphatic heterocycles. The Morgan fingerprint density at radius 3 is 2.70 bits per heavy atom. The maximum atomic E-state index is 13.6. The molecule has 2 aromatic carbocycles. The number of benzene rings is 2. The van der Waals surface area contributed by atoms with Gasteiger partial charge in [-0.1, -0.05) is 18.2 Å². The molecule has 0 amide bonds. The predicted octanol–water partition coefficient (Wildman–Crippen LogP) is 5.24. The predicted molar refractivity (Wildman–Crippen MR) is 82.0 cm³/mol. The summed E-state index contributed by atoms with van der Waals surface area (Å²) in [6.45, 7) is 2.04. The van der Waals surface area contributed by atoms with E-state index in [4.69, 9.17) is 16.3 Å². The van der Waals surface area contributed by atoms with Gasteiger partial charge in [0.1, 0.15) is 17.7 Å². The molecule has 0 radical (unpaired) electrons. The third kappa shape index (κ3) is 2.57. The summed E-state index contributed by atoms with van der Waals surface area (Å²) in [5.74, 6) is 0.623. The van der Waals surface area contributed by atoms with E-state index in [1.54, 1.807) is 6.07 Å². The molecule has 0 N–H and O–H groups in total. The number of halogens is 3. The molecule has 1 heterocycles. The van der Waals surface area contributed by atoms with E-state index >= 15 is 0 Å². The highest BCUT2D eigenvalue weighted by molar-refractivity contribution is 9.10. The maximum Gasteiger partial charge on any atom is 0.137 e. The normalized spacial score (nSPS) is 18.5. The van der Waals surface area contributed by atoms with Gasteiger partial charge in [-0.3, -0.25) is 0 Å². The minimum absolute atomic E-state index is 0.208. The van der Waals surface area contributed by atoms with Crippen molar-refractivity contribution in [1.82, 2.24) is 0 Å². The van der Waals surface area contributed by atoms with Crippen LogP contribution in [0.25, 0.3) is 0 Å². The van der Waals surface area contributed by atoms with Crippen LogP contribution in [0.1, 0.15) is 29.0 Å². The Labute approximate surface area is 130 Å². The van der Waals surface area contributed by atoms with Crippen molar-refractivity contribution in [2.45, 2.75) is 24.8 Å². The second-order valence-electron chi connectivity index (χ2n) is 5.04. The summed E-state index contributed by atoms with van der Waals surface area (Å²) < 4.78 is 19.7. The van der Waals surface area contributed by atoms with Gasteiger partial charge in [-0.15, -0.1) is 11.6 Å².